The summed E-state index contributed by atoms with van der Waals surface area (Å²) < 4.78 is 157. The molecule has 3 aliphatic heterocycles. The van der Waals surface area contributed by atoms with Gasteiger partial charge in [-0.15, -0.1) is 9.42 Å². The molecule has 3 saturated heterocycles. The van der Waals surface area contributed by atoms with E-state index < -0.39 is 239 Å². The van der Waals surface area contributed by atoms with Crippen LogP contribution in [0.25, 0.3) is 0 Å². The van der Waals surface area contributed by atoms with Crippen molar-refractivity contribution in [3.05, 3.63) is 0 Å². The van der Waals surface area contributed by atoms with Gasteiger partial charge < -0.3 is 98.9 Å². The molecule has 46 heteroatoms. The molecule has 23 atom stereocenters. The SMILES string of the molecule is [B][C@@H]1O[C@H](COP(=O)(O)OCC(COPOP(=O)(O)OCC(C)CC(C)(C)OC2OC(CO)C(O)C(O)C2NC(C)=O)(COC(C)OP(=O)(O)OCCC)COC(C)(C)CC(C)(C)OP(=O)(O)OCSOC2OC(CO)C(O)C(O)C2NC(C)=O)[C@@H](O[P+](=O)O)C1O. The van der Waals surface area contributed by atoms with Crippen LogP contribution in [0, 0.1) is 11.3 Å². The first kappa shape index (κ1) is 85.9. The van der Waals surface area contributed by atoms with E-state index in [-0.39, 0.29) is 19.4 Å². The van der Waals surface area contributed by atoms with E-state index in [4.69, 9.17) is 85.5 Å². The van der Waals surface area contributed by atoms with Crippen molar-refractivity contribution >= 4 is 80.3 Å². The number of aliphatic hydroxyl groups is 7. The highest BCUT2D eigenvalue weighted by Gasteiger charge is 2.51. The molecule has 38 nitrogen and oxygen atoms in total. The summed E-state index contributed by atoms with van der Waals surface area (Å²) in [6, 6.07) is -4.14. The lowest BCUT2D eigenvalue weighted by Crippen LogP contribution is -2.65. The molecule has 14 N–H and O–H groups in total. The first-order valence-electron chi connectivity index (χ1n) is 28.2. The lowest BCUT2D eigenvalue weighted by Gasteiger charge is -2.45. The van der Waals surface area contributed by atoms with E-state index in [9.17, 15) is 92.6 Å². The number of hydrogen-bond acceptors (Lipinski definition) is 32. The van der Waals surface area contributed by atoms with Crippen LogP contribution in [0.4, 0.5) is 0 Å². The third-order valence-electron chi connectivity index (χ3n) is 13.2. The van der Waals surface area contributed by atoms with E-state index in [0.717, 1.165) is 20.8 Å². The maximum absolute atomic E-state index is 13.7. The van der Waals surface area contributed by atoms with Crippen LogP contribution in [0.3, 0.4) is 0 Å². The molecular weight excluding hydrogens is 1390 g/mol. The summed E-state index contributed by atoms with van der Waals surface area (Å²) in [5.41, 5.74) is -6.38. The molecule has 0 spiro atoms. The summed E-state index contributed by atoms with van der Waals surface area (Å²) in [4.78, 5) is 76.3. The van der Waals surface area contributed by atoms with Gasteiger partial charge in [-0.3, -0.25) is 45.4 Å². The van der Waals surface area contributed by atoms with Gasteiger partial charge in [0.1, 0.15) is 74.7 Å². The number of carbonyl (C=O) groups excluding carboxylic acids is 2. The minimum absolute atomic E-state index is 0.0529. The van der Waals surface area contributed by atoms with Crippen LogP contribution in [-0.4, -0.2) is 254 Å². The lowest BCUT2D eigenvalue weighted by atomic mass is 9.89. The van der Waals surface area contributed by atoms with Crippen molar-refractivity contribution in [3.8, 4) is 0 Å². The number of ether oxygens (including phenoxy) is 6. The Morgan fingerprint density at radius 1 is 0.696 bits per heavy atom. The van der Waals surface area contributed by atoms with Gasteiger partial charge in [-0.2, -0.15) is 0 Å². The van der Waals surface area contributed by atoms with Crippen molar-refractivity contribution in [1.29, 1.82) is 0 Å². The van der Waals surface area contributed by atoms with Crippen molar-refractivity contribution in [3.63, 3.8) is 0 Å². The maximum atomic E-state index is 13.7. The largest absolute Gasteiger partial charge is 0.695 e. The fourth-order valence-electron chi connectivity index (χ4n) is 9.42. The number of amides is 2. The maximum Gasteiger partial charge on any atom is 0.695 e. The molecule has 0 aromatic carbocycles. The molecule has 0 aromatic heterocycles. The van der Waals surface area contributed by atoms with Crippen LogP contribution in [0.1, 0.15) is 95.4 Å². The molecule has 0 aliphatic carbocycles. The Kier molecular flexibility index (Phi) is 35.4. The second-order valence-corrected chi connectivity index (χ2v) is 31.5. The van der Waals surface area contributed by atoms with Gasteiger partial charge in [-0.05, 0) is 67.2 Å². The predicted octanol–water partition coefficient (Wildman–Crippen LogP) is 0.389. The monoisotopic (exact) mass is 1480 g/mol. The van der Waals surface area contributed by atoms with E-state index in [0.29, 0.717) is 18.5 Å². The third-order valence-corrected chi connectivity index (χ3v) is 19.5. The van der Waals surface area contributed by atoms with Crippen molar-refractivity contribution in [2.24, 2.45) is 11.3 Å². The zero-order valence-electron chi connectivity index (χ0n) is 52.3. The first-order chi connectivity index (χ1) is 42.3. The third kappa shape index (κ3) is 30.2. The van der Waals surface area contributed by atoms with Crippen LogP contribution < -0.4 is 10.6 Å². The Bertz CT molecular complexity index is 2510. The van der Waals surface area contributed by atoms with E-state index in [1.54, 1.807) is 27.7 Å². The summed E-state index contributed by atoms with van der Waals surface area (Å²) in [5.74, 6) is -2.61. The topological polar surface area (TPSA) is 543 Å². The van der Waals surface area contributed by atoms with Crippen LogP contribution in [0.2, 0.25) is 0 Å². The highest BCUT2D eigenvalue weighted by molar-refractivity contribution is 7.94. The molecule has 0 bridgehead atoms. The number of nitrogens with one attached hydrogen (secondary N) is 2. The number of rotatable bonds is 44. The van der Waals surface area contributed by atoms with E-state index in [1.165, 1.54) is 27.7 Å². The van der Waals surface area contributed by atoms with Crippen LogP contribution in [0.15, 0.2) is 0 Å². The normalized spacial score (nSPS) is 31.0. The van der Waals surface area contributed by atoms with E-state index in [2.05, 4.69) is 10.6 Å². The van der Waals surface area contributed by atoms with Gasteiger partial charge in [0, 0.05) is 42.9 Å². The van der Waals surface area contributed by atoms with Crippen LogP contribution in [-0.2, 0) is 110 Å². The number of phosphoric acid groups is 4. The molecule has 20 unspecified atom stereocenters. The Labute approximate surface area is 540 Å². The van der Waals surface area contributed by atoms with E-state index >= 15 is 0 Å². The van der Waals surface area contributed by atoms with Gasteiger partial charge in [0.2, 0.25) is 11.8 Å². The molecule has 0 aromatic rings. The Hall–Kier alpha value is -0.355. The van der Waals surface area contributed by atoms with Crippen molar-refractivity contribution in [1.82, 2.24) is 10.6 Å². The lowest BCUT2D eigenvalue weighted by molar-refractivity contribution is -0.297. The Balaban J connectivity index is 1.88. The highest BCUT2D eigenvalue weighted by Crippen LogP contribution is 2.53. The molecule has 2 amide bonds. The minimum atomic E-state index is -5.38. The van der Waals surface area contributed by atoms with Gasteiger partial charge in [0.25, 0.3) is 0 Å². The zero-order chi connectivity index (χ0) is 70.0. The minimum Gasteiger partial charge on any atom is -0.394 e. The summed E-state index contributed by atoms with van der Waals surface area (Å²) >= 11 is 0.372. The molecule has 3 fully saturated rings. The standard InChI is InChI=1S/C46H89BN2O36P6S/c1-12-13-72-89(63,64)82-28(5)69-20-46(23-75-88(61,62)74-18-31-39(81-87(59)60)38(58)40(47)77-31,22-71-86-85-91(67,68)73-17-25(2)14-43(6,7)80-41-32(48-26(3)52)36(56)34(54)29(15-50)78-41)21-70-44(8,9)19-45(10,11)84-90(65,66)76-24-92-83-42-33(49-27(4)53)37(57)35(55)30(16-51)79-42/h25,28-42,50-51,54-58,86H,12-24H2,1-11H3,(H6-,48,49,52,53,59,60,61,62,63,64,65,66,67,68)/p+1/t25?,28?,29?,30?,31-,32?,33?,34?,35?,36?,37?,38?,39-,40-,41?,42?,46?/m1/s1. The number of phosphoric ester groups is 4. The molecular formula is C46H90BN2O36P6S+. The van der Waals surface area contributed by atoms with Crippen LogP contribution >= 0.6 is 60.6 Å². The van der Waals surface area contributed by atoms with Crippen molar-refractivity contribution in [2.45, 2.75) is 204 Å². The molecule has 2 radical (unpaired) electrons. The second-order valence-electron chi connectivity index (χ2n) is 23.5. The summed E-state index contributed by atoms with van der Waals surface area (Å²) in [5, 5.41) is 76.6. The Morgan fingerprint density at radius 3 is 1.83 bits per heavy atom. The van der Waals surface area contributed by atoms with Gasteiger partial charge in [0.15, 0.2) is 34.0 Å². The molecule has 3 rings (SSSR count). The number of aliphatic hydroxyl groups excluding tert-OH is 7. The molecule has 3 aliphatic rings. The van der Waals surface area contributed by atoms with Gasteiger partial charge in [-0.25, -0.2) is 22.6 Å². The molecule has 0 saturated carbocycles. The summed E-state index contributed by atoms with van der Waals surface area (Å²) in [6.07, 6.45) is -18.5. The summed E-state index contributed by atoms with van der Waals surface area (Å²) in [6.45, 7) is 9.00. The second kappa shape index (κ2) is 37.9. The fraction of sp³-hybridized carbons (Fsp3) is 0.957. The van der Waals surface area contributed by atoms with Crippen molar-refractivity contribution < 1.29 is 170 Å². The van der Waals surface area contributed by atoms with Crippen LogP contribution in [0.5, 0.6) is 0 Å². The smallest absolute Gasteiger partial charge is 0.394 e. The summed E-state index contributed by atoms with van der Waals surface area (Å²) in [7, 11) is -19.4. The Morgan fingerprint density at radius 2 is 1.27 bits per heavy atom. The van der Waals surface area contributed by atoms with E-state index in [1.807, 2.05) is 0 Å². The quantitative estimate of drug-likeness (QED) is 0.0129. The molecule has 92 heavy (non-hydrogen) atoms. The highest BCUT2D eigenvalue weighted by atomic mass is 32.2. The first-order valence-corrected chi connectivity index (χ1v) is 37.1. The van der Waals surface area contributed by atoms with Gasteiger partial charge in [0.05, 0.1) is 81.7 Å². The number of carbonyl (C=O) groups is 2. The molecule has 538 valence electrons. The van der Waals surface area contributed by atoms with Gasteiger partial charge >= 0.3 is 39.5 Å². The average molecular weight is 1480 g/mol. The fourth-order valence-corrected chi connectivity index (χ4v) is 15.1. The zero-order valence-corrected chi connectivity index (χ0v) is 58.6. The van der Waals surface area contributed by atoms with Crippen molar-refractivity contribution in [2.75, 3.05) is 65.4 Å². The average Bonchev–Trinajstić information content (AvgIpc) is 0.865. The molecule has 3 heterocycles. The van der Waals surface area contributed by atoms with Gasteiger partial charge in [-0.1, -0.05) is 13.8 Å². The number of hydrogen-bond donors (Lipinski definition) is 14. The predicted molar refractivity (Wildman–Crippen MR) is 317 cm³/mol.